The van der Waals surface area contributed by atoms with Gasteiger partial charge >= 0.3 is 0 Å². The van der Waals surface area contributed by atoms with Crippen LogP contribution in [0.15, 0.2) is 30.6 Å². The van der Waals surface area contributed by atoms with Gasteiger partial charge < -0.3 is 9.88 Å². The van der Waals surface area contributed by atoms with E-state index < -0.39 is 0 Å². The number of nitrogens with one attached hydrogen (secondary N) is 1. The molecule has 1 N–H and O–H groups in total. The fourth-order valence-corrected chi connectivity index (χ4v) is 2.29. The fourth-order valence-electron chi connectivity index (χ4n) is 1.99. The normalized spacial score (nSPS) is 11.2. The number of imidazole rings is 1. The highest BCUT2D eigenvalue weighted by Gasteiger charge is 2.06. The predicted octanol–water partition coefficient (Wildman–Crippen LogP) is 3.58. The quantitative estimate of drug-likeness (QED) is 0.905. The third-order valence-corrected chi connectivity index (χ3v) is 3.28. The zero-order chi connectivity index (χ0) is 13.8. The number of nitrogens with zero attached hydrogens (tertiary/aromatic N) is 2. The average molecular weight is 278 g/mol. The highest BCUT2D eigenvalue weighted by molar-refractivity contribution is 6.32. The minimum absolute atomic E-state index is 0.656. The molecule has 0 saturated heterocycles. The fraction of sp³-hybridized carbons (Fsp3) is 0.400. The molecular formula is C15H20ClN3. The maximum atomic E-state index is 6.36. The molecule has 0 bridgehead atoms. The molecule has 0 amide bonds. The molecule has 4 heteroatoms. The number of hydrogen-bond acceptors (Lipinski definition) is 2. The van der Waals surface area contributed by atoms with Crippen LogP contribution in [0.2, 0.25) is 5.02 Å². The monoisotopic (exact) mass is 277 g/mol. The van der Waals surface area contributed by atoms with Crippen molar-refractivity contribution in [2.75, 3.05) is 6.54 Å². The lowest BCUT2D eigenvalue weighted by atomic mass is 10.2. The second kappa shape index (κ2) is 6.22. The Kier molecular flexibility index (Phi) is 4.61. The Morgan fingerprint density at radius 2 is 2.16 bits per heavy atom. The summed E-state index contributed by atoms with van der Waals surface area (Å²) in [5.74, 6) is 1.59. The van der Waals surface area contributed by atoms with E-state index >= 15 is 0 Å². The maximum Gasteiger partial charge on any atom is 0.110 e. The minimum atomic E-state index is 0.656. The zero-order valence-electron chi connectivity index (χ0n) is 11.7. The Bertz CT molecular complexity index is 546. The molecule has 2 aromatic rings. The molecule has 1 aromatic carbocycles. The molecule has 1 aromatic heterocycles. The first-order chi connectivity index (χ1) is 9.08. The second-order valence-electron chi connectivity index (χ2n) is 5.15. The third kappa shape index (κ3) is 3.58. The highest BCUT2D eigenvalue weighted by Crippen LogP contribution is 2.22. The van der Waals surface area contributed by atoms with E-state index in [1.54, 1.807) is 6.20 Å². The Labute approximate surface area is 119 Å². The highest BCUT2D eigenvalue weighted by atomic mass is 35.5. The Morgan fingerprint density at radius 1 is 1.37 bits per heavy atom. The molecular weight excluding hydrogens is 258 g/mol. The predicted molar refractivity (Wildman–Crippen MR) is 79.9 cm³/mol. The average Bonchev–Trinajstić information content (AvgIpc) is 2.75. The van der Waals surface area contributed by atoms with Crippen LogP contribution < -0.4 is 5.32 Å². The summed E-state index contributed by atoms with van der Waals surface area (Å²) in [6.07, 6.45) is 3.71. The van der Waals surface area contributed by atoms with Crippen LogP contribution in [0.3, 0.4) is 0 Å². The van der Waals surface area contributed by atoms with E-state index in [-0.39, 0.29) is 0 Å². The second-order valence-corrected chi connectivity index (χ2v) is 5.56. The number of aryl methyl sites for hydroxylation is 1. The topological polar surface area (TPSA) is 29.9 Å². The van der Waals surface area contributed by atoms with Crippen molar-refractivity contribution in [2.24, 2.45) is 5.92 Å². The van der Waals surface area contributed by atoms with Crippen LogP contribution in [0.1, 0.15) is 25.2 Å². The minimum Gasteiger partial charge on any atom is -0.312 e. The number of benzene rings is 1. The van der Waals surface area contributed by atoms with Crippen molar-refractivity contribution in [1.82, 2.24) is 14.9 Å². The van der Waals surface area contributed by atoms with Crippen molar-refractivity contribution in [3.63, 3.8) is 0 Å². The lowest BCUT2D eigenvalue weighted by Crippen LogP contribution is -2.18. The van der Waals surface area contributed by atoms with Crippen LogP contribution >= 0.6 is 11.6 Å². The van der Waals surface area contributed by atoms with Gasteiger partial charge in [0.05, 0.1) is 10.7 Å². The molecule has 0 unspecified atom stereocenters. The summed E-state index contributed by atoms with van der Waals surface area (Å²) >= 11 is 6.36. The van der Waals surface area contributed by atoms with Crippen LogP contribution in [0.4, 0.5) is 0 Å². The molecule has 0 aliphatic carbocycles. The zero-order valence-corrected chi connectivity index (χ0v) is 12.4. The number of halogens is 1. The van der Waals surface area contributed by atoms with Gasteiger partial charge in [0.15, 0.2) is 0 Å². The van der Waals surface area contributed by atoms with Crippen molar-refractivity contribution >= 4 is 11.6 Å². The van der Waals surface area contributed by atoms with E-state index in [1.807, 2.05) is 29.8 Å². The van der Waals surface area contributed by atoms with Crippen LogP contribution in [0.25, 0.3) is 5.69 Å². The molecule has 0 atom stereocenters. The molecule has 3 nitrogen and oxygen atoms in total. The first kappa shape index (κ1) is 14.1. The van der Waals surface area contributed by atoms with Gasteiger partial charge in [0.2, 0.25) is 0 Å². The van der Waals surface area contributed by atoms with Gasteiger partial charge in [-0.05, 0) is 37.1 Å². The molecule has 0 aliphatic heterocycles. The summed E-state index contributed by atoms with van der Waals surface area (Å²) < 4.78 is 1.99. The number of hydrogen-bond donors (Lipinski definition) is 1. The van der Waals surface area contributed by atoms with E-state index in [2.05, 4.69) is 30.2 Å². The van der Waals surface area contributed by atoms with Crippen LogP contribution in [0, 0.1) is 12.8 Å². The van der Waals surface area contributed by atoms with Crippen molar-refractivity contribution in [3.8, 4) is 5.69 Å². The van der Waals surface area contributed by atoms with Gasteiger partial charge in [0.25, 0.3) is 0 Å². The van der Waals surface area contributed by atoms with Gasteiger partial charge in [-0.1, -0.05) is 31.5 Å². The summed E-state index contributed by atoms with van der Waals surface area (Å²) in [5, 5.41) is 4.17. The number of rotatable bonds is 5. The van der Waals surface area contributed by atoms with Crippen LogP contribution in [0.5, 0.6) is 0 Å². The molecule has 1 heterocycles. The molecule has 0 fully saturated rings. The van der Waals surface area contributed by atoms with Gasteiger partial charge in [0.1, 0.15) is 5.82 Å². The summed E-state index contributed by atoms with van der Waals surface area (Å²) in [5.41, 5.74) is 2.18. The van der Waals surface area contributed by atoms with Crippen molar-refractivity contribution in [2.45, 2.75) is 27.3 Å². The van der Waals surface area contributed by atoms with E-state index in [1.165, 1.54) is 5.56 Å². The van der Waals surface area contributed by atoms with Crippen molar-refractivity contribution < 1.29 is 0 Å². The Morgan fingerprint density at radius 3 is 2.74 bits per heavy atom. The summed E-state index contributed by atoms with van der Waals surface area (Å²) in [4.78, 5) is 4.22. The molecule has 0 radical (unpaired) electrons. The van der Waals surface area contributed by atoms with Gasteiger partial charge in [-0.2, -0.15) is 0 Å². The Hall–Kier alpha value is -1.32. The van der Waals surface area contributed by atoms with Gasteiger partial charge in [-0.25, -0.2) is 4.98 Å². The summed E-state index contributed by atoms with van der Waals surface area (Å²) in [7, 11) is 0. The van der Waals surface area contributed by atoms with E-state index in [0.29, 0.717) is 5.92 Å². The lowest BCUT2D eigenvalue weighted by Gasteiger charge is -2.11. The molecule has 0 aliphatic rings. The maximum absolute atomic E-state index is 6.36. The standard InChI is InChI=1S/C15H20ClN3/c1-11(2)9-17-10-13-4-5-15(14(16)8-13)19-7-6-18-12(19)3/h4-8,11,17H,9-10H2,1-3H3. The first-order valence-electron chi connectivity index (χ1n) is 6.57. The number of aromatic nitrogens is 2. The van der Waals surface area contributed by atoms with E-state index in [0.717, 1.165) is 29.6 Å². The molecule has 0 spiro atoms. The summed E-state index contributed by atoms with van der Waals surface area (Å²) in [6, 6.07) is 6.17. The lowest BCUT2D eigenvalue weighted by molar-refractivity contribution is 0.552. The van der Waals surface area contributed by atoms with E-state index in [9.17, 15) is 0 Å². The van der Waals surface area contributed by atoms with E-state index in [4.69, 9.17) is 11.6 Å². The third-order valence-electron chi connectivity index (χ3n) is 2.98. The first-order valence-corrected chi connectivity index (χ1v) is 6.95. The molecule has 0 saturated carbocycles. The van der Waals surface area contributed by atoms with Gasteiger partial charge in [-0.15, -0.1) is 0 Å². The van der Waals surface area contributed by atoms with Crippen molar-refractivity contribution in [1.29, 1.82) is 0 Å². The smallest absolute Gasteiger partial charge is 0.110 e. The van der Waals surface area contributed by atoms with Gasteiger partial charge in [0, 0.05) is 18.9 Å². The van der Waals surface area contributed by atoms with Crippen molar-refractivity contribution in [3.05, 3.63) is 47.0 Å². The largest absolute Gasteiger partial charge is 0.312 e. The molecule has 2 rings (SSSR count). The van der Waals surface area contributed by atoms with Crippen LogP contribution in [-0.2, 0) is 6.54 Å². The molecule has 102 valence electrons. The SMILES string of the molecule is Cc1nccn1-c1ccc(CNCC(C)C)cc1Cl. The van der Waals surface area contributed by atoms with Gasteiger partial charge in [-0.3, -0.25) is 0 Å². The molecule has 19 heavy (non-hydrogen) atoms. The Balaban J connectivity index is 2.12. The van der Waals surface area contributed by atoms with Crippen LogP contribution in [-0.4, -0.2) is 16.1 Å². The summed E-state index contributed by atoms with van der Waals surface area (Å²) in [6.45, 7) is 8.23.